The van der Waals surface area contributed by atoms with E-state index in [0.717, 1.165) is 0 Å². The van der Waals surface area contributed by atoms with Gasteiger partial charge in [0.2, 0.25) is 0 Å². The molecule has 0 bridgehead atoms. The molecule has 0 radical (unpaired) electrons. The maximum atomic E-state index is 10.8. The summed E-state index contributed by atoms with van der Waals surface area (Å²) in [5.41, 5.74) is 0.642. The predicted molar refractivity (Wildman–Crippen MR) is 49.7 cm³/mol. The van der Waals surface area contributed by atoms with Gasteiger partial charge in [-0.1, -0.05) is 11.6 Å². The van der Waals surface area contributed by atoms with Crippen LogP contribution in [-0.2, 0) is 0 Å². The molecule has 0 atom stereocenters. The van der Waals surface area contributed by atoms with Crippen LogP contribution in [0.4, 0.5) is 0 Å². The molecule has 0 aliphatic rings. The molecule has 0 aliphatic heterocycles. The maximum Gasteiger partial charge on any atom is 0.337 e. The fourth-order valence-electron chi connectivity index (χ4n) is 1.14. The molecule has 70 valence electrons. The number of rotatable bonds is 2. The number of hydrogen-bond donors (Lipinski definition) is 1. The Kier molecular flexibility index (Phi) is 2.78. The van der Waals surface area contributed by atoms with E-state index in [1.165, 1.54) is 13.2 Å². The van der Waals surface area contributed by atoms with Gasteiger partial charge in [-0.3, -0.25) is 0 Å². The van der Waals surface area contributed by atoms with Crippen molar-refractivity contribution in [3.05, 3.63) is 28.3 Å². The van der Waals surface area contributed by atoms with Crippen LogP contribution in [0.5, 0.6) is 5.75 Å². The highest BCUT2D eigenvalue weighted by Gasteiger charge is 2.14. The van der Waals surface area contributed by atoms with Gasteiger partial charge in [-0.15, -0.1) is 0 Å². The smallest absolute Gasteiger partial charge is 0.337 e. The van der Waals surface area contributed by atoms with E-state index in [1.54, 1.807) is 13.0 Å². The van der Waals surface area contributed by atoms with E-state index < -0.39 is 5.97 Å². The van der Waals surface area contributed by atoms with Crippen molar-refractivity contribution in [2.24, 2.45) is 0 Å². The molecule has 1 aromatic carbocycles. The molecule has 1 N–H and O–H groups in total. The lowest BCUT2D eigenvalue weighted by atomic mass is 10.1. The summed E-state index contributed by atoms with van der Waals surface area (Å²) in [7, 11) is 1.49. The van der Waals surface area contributed by atoms with Crippen LogP contribution in [0.15, 0.2) is 12.1 Å². The second-order valence-corrected chi connectivity index (χ2v) is 2.96. The molecule has 0 saturated heterocycles. The first-order valence-electron chi connectivity index (χ1n) is 3.64. The van der Waals surface area contributed by atoms with Crippen LogP contribution in [0, 0.1) is 6.92 Å². The van der Waals surface area contributed by atoms with Gasteiger partial charge < -0.3 is 9.84 Å². The lowest BCUT2D eigenvalue weighted by molar-refractivity contribution is 0.0696. The van der Waals surface area contributed by atoms with Gasteiger partial charge in [0.25, 0.3) is 0 Å². The fraction of sp³-hybridized carbons (Fsp3) is 0.222. The summed E-state index contributed by atoms with van der Waals surface area (Å²) in [5, 5.41) is 9.05. The van der Waals surface area contributed by atoms with Crippen LogP contribution < -0.4 is 4.74 Å². The Labute approximate surface area is 80.9 Å². The number of carboxylic acid groups (broad SMARTS) is 1. The minimum Gasteiger partial charge on any atom is -0.496 e. The SMILES string of the molecule is COc1ccc(Cl)c(C(=O)O)c1C. The first-order chi connectivity index (χ1) is 6.07. The molecule has 0 aromatic heterocycles. The predicted octanol–water partition coefficient (Wildman–Crippen LogP) is 2.36. The third kappa shape index (κ3) is 1.75. The average molecular weight is 201 g/mol. The maximum absolute atomic E-state index is 10.8. The molecule has 0 fully saturated rings. The van der Waals surface area contributed by atoms with Gasteiger partial charge in [-0.2, -0.15) is 0 Å². The van der Waals surface area contributed by atoms with E-state index in [1.807, 2.05) is 0 Å². The zero-order valence-corrected chi connectivity index (χ0v) is 8.05. The van der Waals surface area contributed by atoms with Gasteiger partial charge in [0.05, 0.1) is 17.7 Å². The van der Waals surface area contributed by atoms with E-state index in [4.69, 9.17) is 21.4 Å². The van der Waals surface area contributed by atoms with E-state index >= 15 is 0 Å². The van der Waals surface area contributed by atoms with E-state index in [2.05, 4.69) is 0 Å². The van der Waals surface area contributed by atoms with Crippen LogP contribution in [0.1, 0.15) is 15.9 Å². The van der Waals surface area contributed by atoms with Gasteiger partial charge in [0.15, 0.2) is 0 Å². The molecule has 0 unspecified atom stereocenters. The number of carboxylic acids is 1. The minimum atomic E-state index is -1.04. The van der Waals surface area contributed by atoms with Crippen molar-refractivity contribution in [1.29, 1.82) is 0 Å². The third-order valence-corrected chi connectivity index (χ3v) is 2.11. The zero-order valence-electron chi connectivity index (χ0n) is 7.30. The Morgan fingerprint density at radius 1 is 1.54 bits per heavy atom. The number of benzene rings is 1. The monoisotopic (exact) mass is 200 g/mol. The zero-order chi connectivity index (χ0) is 10.0. The van der Waals surface area contributed by atoms with Crippen LogP contribution in [0.2, 0.25) is 5.02 Å². The normalized spacial score (nSPS) is 9.77. The molecule has 1 aromatic rings. The minimum absolute atomic E-state index is 0.0982. The quantitative estimate of drug-likeness (QED) is 0.797. The summed E-state index contributed by atoms with van der Waals surface area (Å²) in [6.45, 7) is 1.66. The second kappa shape index (κ2) is 3.66. The van der Waals surface area contributed by atoms with Crippen LogP contribution >= 0.6 is 11.6 Å². The van der Waals surface area contributed by atoms with Gasteiger partial charge in [0, 0.05) is 5.56 Å². The Morgan fingerprint density at radius 2 is 2.15 bits per heavy atom. The molecule has 13 heavy (non-hydrogen) atoms. The first kappa shape index (κ1) is 9.86. The Bertz CT molecular complexity index is 347. The first-order valence-corrected chi connectivity index (χ1v) is 4.02. The van der Waals surface area contributed by atoms with Gasteiger partial charge in [-0.25, -0.2) is 4.79 Å². The summed E-state index contributed by atoms with van der Waals surface area (Å²) in [6.07, 6.45) is 0. The van der Waals surface area contributed by atoms with E-state index in [9.17, 15) is 4.79 Å². The lowest BCUT2D eigenvalue weighted by Gasteiger charge is -2.08. The Balaban J connectivity index is 3.38. The van der Waals surface area contributed by atoms with Crippen LogP contribution in [-0.4, -0.2) is 18.2 Å². The summed E-state index contributed by atoms with van der Waals surface area (Å²) < 4.78 is 4.97. The molecular weight excluding hydrogens is 192 g/mol. The van der Waals surface area contributed by atoms with Crippen LogP contribution in [0.3, 0.4) is 0 Å². The van der Waals surface area contributed by atoms with Gasteiger partial charge in [0.1, 0.15) is 5.75 Å². The van der Waals surface area contributed by atoms with Crippen molar-refractivity contribution in [1.82, 2.24) is 0 Å². The average Bonchev–Trinajstić information content (AvgIpc) is 2.04. The summed E-state index contributed by atoms with van der Waals surface area (Å²) in [6, 6.07) is 3.15. The van der Waals surface area contributed by atoms with E-state index in [-0.39, 0.29) is 10.6 Å². The van der Waals surface area contributed by atoms with Gasteiger partial charge in [-0.05, 0) is 19.1 Å². The molecule has 0 heterocycles. The second-order valence-electron chi connectivity index (χ2n) is 2.55. The highest BCUT2D eigenvalue weighted by molar-refractivity contribution is 6.33. The van der Waals surface area contributed by atoms with Crippen molar-refractivity contribution in [3.63, 3.8) is 0 Å². The largest absolute Gasteiger partial charge is 0.496 e. The molecular formula is C9H9ClO3. The van der Waals surface area contributed by atoms with E-state index in [0.29, 0.717) is 11.3 Å². The Hall–Kier alpha value is -1.22. The molecule has 0 amide bonds. The number of carbonyl (C=O) groups is 1. The van der Waals surface area contributed by atoms with Crippen molar-refractivity contribution < 1.29 is 14.6 Å². The number of aromatic carboxylic acids is 1. The molecule has 1 rings (SSSR count). The summed E-state index contributed by atoms with van der Waals surface area (Å²) in [5.74, 6) is -0.511. The number of halogens is 1. The molecule has 0 saturated carbocycles. The van der Waals surface area contributed by atoms with Gasteiger partial charge >= 0.3 is 5.97 Å². The highest BCUT2D eigenvalue weighted by atomic mass is 35.5. The lowest BCUT2D eigenvalue weighted by Crippen LogP contribution is -2.02. The number of methoxy groups -OCH3 is 1. The summed E-state index contributed by atoms with van der Waals surface area (Å²) >= 11 is 5.72. The van der Waals surface area contributed by atoms with Crippen molar-refractivity contribution >= 4 is 17.6 Å². The highest BCUT2D eigenvalue weighted by Crippen LogP contribution is 2.27. The number of ether oxygens (including phenoxy) is 1. The molecule has 4 heteroatoms. The topological polar surface area (TPSA) is 46.5 Å². The molecule has 0 spiro atoms. The van der Waals surface area contributed by atoms with Crippen molar-refractivity contribution in [2.75, 3.05) is 7.11 Å². The van der Waals surface area contributed by atoms with Crippen LogP contribution in [0.25, 0.3) is 0 Å². The standard InChI is InChI=1S/C9H9ClO3/c1-5-7(13-2)4-3-6(10)8(5)9(11)12/h3-4H,1-2H3,(H,11,12). The van der Waals surface area contributed by atoms with Crippen molar-refractivity contribution in [2.45, 2.75) is 6.92 Å². The summed E-state index contributed by atoms with van der Waals surface area (Å²) in [4.78, 5) is 10.8. The molecule has 0 aliphatic carbocycles. The third-order valence-electron chi connectivity index (χ3n) is 1.80. The molecule has 3 nitrogen and oxygen atoms in total. The number of hydrogen-bond acceptors (Lipinski definition) is 2. The fourth-order valence-corrected chi connectivity index (χ4v) is 1.43. The Morgan fingerprint density at radius 3 is 2.62 bits per heavy atom. The van der Waals surface area contributed by atoms with Crippen molar-refractivity contribution in [3.8, 4) is 5.75 Å².